The van der Waals surface area contributed by atoms with Crippen molar-refractivity contribution in [2.75, 3.05) is 7.11 Å². The van der Waals surface area contributed by atoms with Crippen LogP contribution in [0.5, 0.6) is 5.75 Å². The molecule has 1 fully saturated rings. The normalized spacial score (nSPS) is 21.5. The summed E-state index contributed by atoms with van der Waals surface area (Å²) in [6.45, 7) is 0.982. The van der Waals surface area contributed by atoms with Crippen LogP contribution in [-0.2, 0) is 6.54 Å². The van der Waals surface area contributed by atoms with Crippen molar-refractivity contribution in [2.24, 2.45) is 0 Å². The third kappa shape index (κ3) is 3.25. The van der Waals surface area contributed by atoms with Crippen molar-refractivity contribution in [1.82, 2.24) is 5.32 Å². The second kappa shape index (κ2) is 6.29. The van der Waals surface area contributed by atoms with E-state index >= 15 is 0 Å². The first-order chi connectivity index (χ1) is 9.74. The van der Waals surface area contributed by atoms with Crippen LogP contribution in [0.2, 0.25) is 0 Å². The number of thiophene rings is 1. The predicted molar refractivity (Wildman–Crippen MR) is 87.6 cm³/mol. The van der Waals surface area contributed by atoms with E-state index in [9.17, 15) is 0 Å². The Bertz CT molecular complexity index is 560. The van der Waals surface area contributed by atoms with Crippen molar-refractivity contribution >= 4 is 27.3 Å². The molecule has 4 heteroatoms. The molecule has 0 saturated heterocycles. The van der Waals surface area contributed by atoms with Crippen molar-refractivity contribution in [3.63, 3.8) is 0 Å². The summed E-state index contributed by atoms with van der Waals surface area (Å²) in [4.78, 5) is 1.39. The maximum absolute atomic E-state index is 5.20. The highest BCUT2D eigenvalue weighted by atomic mass is 79.9. The summed E-state index contributed by atoms with van der Waals surface area (Å²) in [7, 11) is 1.71. The van der Waals surface area contributed by atoms with Crippen LogP contribution in [0.25, 0.3) is 0 Å². The topological polar surface area (TPSA) is 21.3 Å². The summed E-state index contributed by atoms with van der Waals surface area (Å²) >= 11 is 5.30. The van der Waals surface area contributed by atoms with Gasteiger partial charge in [0.15, 0.2) is 0 Å². The van der Waals surface area contributed by atoms with Crippen LogP contribution in [0.4, 0.5) is 0 Å². The summed E-state index contributed by atoms with van der Waals surface area (Å²) < 4.78 is 6.38. The number of hydrogen-bond acceptors (Lipinski definition) is 3. The molecule has 1 aromatic carbocycles. The van der Waals surface area contributed by atoms with E-state index in [1.54, 1.807) is 18.4 Å². The maximum Gasteiger partial charge on any atom is 0.118 e. The maximum atomic E-state index is 5.20. The fourth-order valence-corrected chi connectivity index (χ4v) is 4.03. The first kappa shape index (κ1) is 14.1. The van der Waals surface area contributed by atoms with Crippen LogP contribution in [0, 0.1) is 0 Å². The molecule has 0 spiro atoms. The molecule has 3 rings (SSSR count). The zero-order valence-corrected chi connectivity index (χ0v) is 13.8. The van der Waals surface area contributed by atoms with Gasteiger partial charge >= 0.3 is 0 Å². The highest BCUT2D eigenvalue weighted by Crippen LogP contribution is 2.37. The molecule has 0 bridgehead atoms. The van der Waals surface area contributed by atoms with E-state index in [1.807, 2.05) is 0 Å². The summed E-state index contributed by atoms with van der Waals surface area (Å²) in [6, 6.07) is 11.3. The standard InChI is InChI=1S/C16H18BrNOS/c1-19-15-4-2-11(3-5-15)12-6-14(7-12)18-9-16-8-13(17)10-20-16/h2-5,8,10,12,14,18H,6-7,9H2,1H3. The molecule has 106 valence electrons. The Hall–Kier alpha value is -0.840. The Balaban J connectivity index is 1.46. The quantitative estimate of drug-likeness (QED) is 0.852. The Morgan fingerprint density at radius 3 is 2.65 bits per heavy atom. The van der Waals surface area contributed by atoms with Gasteiger partial charge in [-0.05, 0) is 58.5 Å². The summed E-state index contributed by atoms with van der Waals surface area (Å²) in [5.74, 6) is 1.64. The molecule has 2 aromatic rings. The molecule has 1 heterocycles. The number of ether oxygens (including phenoxy) is 1. The molecule has 1 aliphatic carbocycles. The van der Waals surface area contributed by atoms with Crippen LogP contribution in [-0.4, -0.2) is 13.2 Å². The van der Waals surface area contributed by atoms with Crippen LogP contribution in [0.3, 0.4) is 0 Å². The second-order valence-corrected chi connectivity index (χ2v) is 7.16. The third-order valence-electron chi connectivity index (χ3n) is 3.91. The lowest BCUT2D eigenvalue weighted by atomic mass is 9.76. The largest absolute Gasteiger partial charge is 0.497 e. The van der Waals surface area contributed by atoms with Crippen LogP contribution >= 0.6 is 27.3 Å². The van der Waals surface area contributed by atoms with Gasteiger partial charge < -0.3 is 10.1 Å². The average molecular weight is 352 g/mol. The average Bonchev–Trinajstić information content (AvgIpc) is 2.83. The van der Waals surface area contributed by atoms with Gasteiger partial charge in [-0.25, -0.2) is 0 Å². The highest BCUT2D eigenvalue weighted by molar-refractivity contribution is 9.10. The fourth-order valence-electron chi connectivity index (χ4n) is 2.62. The minimum atomic E-state index is 0.656. The van der Waals surface area contributed by atoms with Crippen molar-refractivity contribution in [2.45, 2.75) is 31.3 Å². The molecule has 2 nitrogen and oxygen atoms in total. The molecular formula is C16H18BrNOS. The van der Waals surface area contributed by atoms with Crippen LogP contribution < -0.4 is 10.1 Å². The lowest BCUT2D eigenvalue weighted by Gasteiger charge is -2.36. The van der Waals surface area contributed by atoms with Gasteiger partial charge in [-0.3, -0.25) is 0 Å². The predicted octanol–water partition coefficient (Wildman–Crippen LogP) is 4.56. The monoisotopic (exact) mass is 351 g/mol. The lowest BCUT2D eigenvalue weighted by Crippen LogP contribution is -2.39. The zero-order chi connectivity index (χ0) is 13.9. The molecule has 0 amide bonds. The van der Waals surface area contributed by atoms with Gasteiger partial charge in [-0.15, -0.1) is 11.3 Å². The first-order valence-corrected chi connectivity index (χ1v) is 8.52. The fraction of sp³-hybridized carbons (Fsp3) is 0.375. The number of hydrogen-bond donors (Lipinski definition) is 1. The number of benzene rings is 1. The van der Waals surface area contributed by atoms with Crippen molar-refractivity contribution < 1.29 is 4.74 Å². The van der Waals surface area contributed by atoms with Crippen LogP contribution in [0.15, 0.2) is 40.2 Å². The van der Waals surface area contributed by atoms with E-state index in [-0.39, 0.29) is 0 Å². The minimum Gasteiger partial charge on any atom is -0.497 e. The molecule has 1 aliphatic rings. The van der Waals surface area contributed by atoms with Gasteiger partial charge in [0.25, 0.3) is 0 Å². The van der Waals surface area contributed by atoms with Gasteiger partial charge in [-0.2, -0.15) is 0 Å². The first-order valence-electron chi connectivity index (χ1n) is 6.85. The molecule has 20 heavy (non-hydrogen) atoms. The van der Waals surface area contributed by atoms with Crippen molar-refractivity contribution in [1.29, 1.82) is 0 Å². The Morgan fingerprint density at radius 2 is 2.05 bits per heavy atom. The number of rotatable bonds is 5. The third-order valence-corrected chi connectivity index (χ3v) is 5.61. The van der Waals surface area contributed by atoms with Crippen molar-refractivity contribution in [3.8, 4) is 5.75 Å². The molecule has 0 unspecified atom stereocenters. The smallest absolute Gasteiger partial charge is 0.118 e. The molecule has 0 atom stereocenters. The summed E-state index contributed by atoms with van der Waals surface area (Å²) in [5, 5.41) is 5.77. The summed E-state index contributed by atoms with van der Waals surface area (Å²) in [6.07, 6.45) is 2.47. The Labute approximate surface area is 132 Å². The lowest BCUT2D eigenvalue weighted by molar-refractivity contribution is 0.290. The molecule has 1 N–H and O–H groups in total. The molecule has 1 saturated carbocycles. The molecule has 1 aromatic heterocycles. The Morgan fingerprint density at radius 1 is 1.30 bits per heavy atom. The van der Waals surface area contributed by atoms with E-state index in [0.717, 1.165) is 12.3 Å². The van der Waals surface area contributed by atoms with Crippen LogP contribution in [0.1, 0.15) is 29.2 Å². The van der Waals surface area contributed by atoms with E-state index < -0.39 is 0 Å². The SMILES string of the molecule is COc1ccc(C2CC(NCc3cc(Br)cs3)C2)cc1. The van der Waals surface area contributed by atoms with Gasteiger partial charge in [0.05, 0.1) is 7.11 Å². The van der Waals surface area contributed by atoms with Gasteiger partial charge in [0.1, 0.15) is 5.75 Å². The number of halogens is 1. The molecule has 0 radical (unpaired) electrons. The summed E-state index contributed by atoms with van der Waals surface area (Å²) in [5.41, 5.74) is 1.43. The van der Waals surface area contributed by atoms with E-state index in [0.29, 0.717) is 12.0 Å². The minimum absolute atomic E-state index is 0.656. The van der Waals surface area contributed by atoms with Gasteiger partial charge in [0.2, 0.25) is 0 Å². The second-order valence-electron chi connectivity index (χ2n) is 5.25. The Kier molecular flexibility index (Phi) is 4.44. The van der Waals surface area contributed by atoms with Crippen molar-refractivity contribution in [3.05, 3.63) is 50.6 Å². The molecule has 0 aliphatic heterocycles. The van der Waals surface area contributed by atoms with E-state index in [4.69, 9.17) is 4.74 Å². The molecular weight excluding hydrogens is 334 g/mol. The van der Waals surface area contributed by atoms with Gasteiger partial charge in [-0.1, -0.05) is 12.1 Å². The van der Waals surface area contributed by atoms with Gasteiger partial charge in [0, 0.05) is 27.3 Å². The van der Waals surface area contributed by atoms with E-state index in [1.165, 1.54) is 27.8 Å². The highest BCUT2D eigenvalue weighted by Gasteiger charge is 2.29. The number of methoxy groups -OCH3 is 1. The number of nitrogens with one attached hydrogen (secondary N) is 1. The zero-order valence-electron chi connectivity index (χ0n) is 11.4. The van der Waals surface area contributed by atoms with E-state index in [2.05, 4.69) is 57.0 Å².